The normalized spacial score (nSPS) is 47.9. The molecule has 172 valence electrons. The summed E-state index contributed by atoms with van der Waals surface area (Å²) in [5.41, 5.74) is -1.30. The number of ether oxygens (including phenoxy) is 1. The van der Waals surface area contributed by atoms with Gasteiger partial charge in [0.1, 0.15) is 0 Å². The van der Waals surface area contributed by atoms with Gasteiger partial charge in [-0.05, 0) is 60.8 Å². The van der Waals surface area contributed by atoms with Gasteiger partial charge in [0.15, 0.2) is 11.6 Å². The van der Waals surface area contributed by atoms with Crippen LogP contribution in [0.2, 0.25) is 0 Å². The Morgan fingerprint density at radius 1 is 1.13 bits per heavy atom. The number of aliphatic hydroxyl groups excluding tert-OH is 2. The minimum Gasteiger partial charge on any atom is -0.396 e. The first-order valence-corrected chi connectivity index (χ1v) is 12.1. The molecule has 6 nitrogen and oxygen atoms in total. The van der Waals surface area contributed by atoms with Crippen molar-refractivity contribution >= 4 is 11.6 Å². The van der Waals surface area contributed by atoms with Crippen LogP contribution >= 0.6 is 0 Å². The lowest BCUT2D eigenvalue weighted by atomic mass is 9.34. The smallest absolute Gasteiger partial charge is 0.172 e. The highest BCUT2D eigenvalue weighted by Crippen LogP contribution is 2.71. The van der Waals surface area contributed by atoms with E-state index in [0.29, 0.717) is 31.8 Å². The van der Waals surface area contributed by atoms with Crippen molar-refractivity contribution in [2.45, 2.75) is 45.4 Å². The number of carbonyl (C=O) groups excluding carboxylic acids is 2. The van der Waals surface area contributed by atoms with Crippen molar-refractivity contribution < 1.29 is 24.5 Å². The van der Waals surface area contributed by atoms with Crippen molar-refractivity contribution in [2.75, 3.05) is 46.1 Å². The average Bonchev–Trinajstić information content (AvgIpc) is 2.80. The van der Waals surface area contributed by atoms with Crippen LogP contribution in [0.3, 0.4) is 0 Å². The molecule has 0 radical (unpaired) electrons. The molecule has 0 aromatic heterocycles. The third kappa shape index (κ3) is 2.77. The molecular weight excluding hydrogens is 394 g/mol. The first-order valence-electron chi connectivity index (χ1n) is 12.1. The molecular formula is C25H37NO5. The lowest BCUT2D eigenvalue weighted by Crippen LogP contribution is -2.72. The zero-order chi connectivity index (χ0) is 22.0. The lowest BCUT2D eigenvalue weighted by Gasteiger charge is -2.68. The highest BCUT2D eigenvalue weighted by Gasteiger charge is 2.74. The minimum atomic E-state index is -1.02. The molecule has 1 saturated heterocycles. The Morgan fingerprint density at radius 3 is 2.55 bits per heavy atom. The number of rotatable bonds is 4. The van der Waals surface area contributed by atoms with Gasteiger partial charge in [0.05, 0.1) is 18.6 Å². The molecule has 5 aliphatic carbocycles. The standard InChI is InChI=1S/C25H37NO5/c1-16-17-4-7-25(21(16)29)19(12-17)24(15-28)6-3-5-23(2,14-27)20(24)18(22(25)30)13-26-8-10-31-11-9-26/h17-20,27-28H,1,3-15H2,2H3/t17-,18-,19+,20?,23-,24+,25-/m0/s1. The van der Waals surface area contributed by atoms with Gasteiger partial charge in [0, 0.05) is 44.2 Å². The summed E-state index contributed by atoms with van der Waals surface area (Å²) in [6.07, 6.45) is 4.82. The van der Waals surface area contributed by atoms with Crippen molar-refractivity contribution in [3.05, 3.63) is 12.2 Å². The van der Waals surface area contributed by atoms with Crippen LogP contribution in [0.1, 0.15) is 45.4 Å². The van der Waals surface area contributed by atoms with Crippen LogP contribution in [0.5, 0.6) is 0 Å². The molecule has 1 heterocycles. The van der Waals surface area contributed by atoms with Gasteiger partial charge in [0.25, 0.3) is 0 Å². The molecule has 2 bridgehead atoms. The number of hydrogen-bond acceptors (Lipinski definition) is 6. The predicted molar refractivity (Wildman–Crippen MR) is 115 cm³/mol. The van der Waals surface area contributed by atoms with Gasteiger partial charge in [-0.1, -0.05) is 19.9 Å². The molecule has 1 spiro atoms. The Bertz CT molecular complexity index is 791. The van der Waals surface area contributed by atoms with E-state index in [1.807, 2.05) is 0 Å². The minimum absolute atomic E-state index is 0.0100. The van der Waals surface area contributed by atoms with Crippen LogP contribution in [0, 0.1) is 39.9 Å². The quantitative estimate of drug-likeness (QED) is 0.522. The summed E-state index contributed by atoms with van der Waals surface area (Å²) >= 11 is 0. The second-order valence-corrected chi connectivity index (χ2v) is 11.3. The maximum atomic E-state index is 14.4. The van der Waals surface area contributed by atoms with E-state index in [9.17, 15) is 19.8 Å². The zero-order valence-electron chi connectivity index (χ0n) is 18.8. The first kappa shape index (κ1) is 21.7. The monoisotopic (exact) mass is 431 g/mol. The largest absolute Gasteiger partial charge is 0.396 e. The van der Waals surface area contributed by atoms with Gasteiger partial charge in [-0.3, -0.25) is 14.5 Å². The molecule has 5 saturated carbocycles. The number of Topliss-reactive ketones (excluding diaryl/α,β-unsaturated/α-hetero) is 2. The van der Waals surface area contributed by atoms with E-state index < -0.39 is 16.2 Å². The molecule has 7 atom stereocenters. The molecule has 1 unspecified atom stereocenters. The molecule has 1 aliphatic heterocycles. The average molecular weight is 432 g/mol. The number of fused-ring (bicyclic) bond motifs is 3. The maximum Gasteiger partial charge on any atom is 0.172 e. The van der Waals surface area contributed by atoms with E-state index >= 15 is 0 Å². The van der Waals surface area contributed by atoms with Crippen LogP contribution in [-0.4, -0.2) is 72.7 Å². The van der Waals surface area contributed by atoms with Gasteiger partial charge < -0.3 is 14.9 Å². The fourth-order valence-electron chi connectivity index (χ4n) is 8.67. The molecule has 6 aliphatic rings. The van der Waals surface area contributed by atoms with E-state index in [2.05, 4.69) is 18.4 Å². The Hall–Kier alpha value is -1.08. The number of morpholine rings is 1. The fourth-order valence-corrected chi connectivity index (χ4v) is 8.67. The highest BCUT2D eigenvalue weighted by molar-refractivity contribution is 6.17. The summed E-state index contributed by atoms with van der Waals surface area (Å²) in [6.45, 7) is 9.64. The summed E-state index contributed by atoms with van der Waals surface area (Å²) < 4.78 is 5.52. The van der Waals surface area contributed by atoms with Crippen LogP contribution in [-0.2, 0) is 14.3 Å². The van der Waals surface area contributed by atoms with Crippen LogP contribution in [0.25, 0.3) is 0 Å². The molecule has 6 rings (SSSR count). The van der Waals surface area contributed by atoms with Crippen molar-refractivity contribution in [3.8, 4) is 0 Å². The van der Waals surface area contributed by atoms with E-state index in [0.717, 1.165) is 45.2 Å². The number of hydrogen-bond donors (Lipinski definition) is 2. The molecule has 6 fully saturated rings. The van der Waals surface area contributed by atoms with Gasteiger partial charge >= 0.3 is 0 Å². The number of aliphatic hydroxyl groups is 2. The molecule has 0 amide bonds. The SMILES string of the molecule is C=C1C(=O)[C@]23CC[C@H]1C[C@@H]2[C@]1(CO)CCC[C@@](C)(CO)C1[C@H](CN1CCOCC1)C3=O. The van der Waals surface area contributed by atoms with E-state index in [-0.39, 0.29) is 48.5 Å². The molecule has 0 aromatic carbocycles. The van der Waals surface area contributed by atoms with Gasteiger partial charge in [-0.25, -0.2) is 0 Å². The van der Waals surface area contributed by atoms with Crippen molar-refractivity contribution in [1.29, 1.82) is 0 Å². The highest BCUT2D eigenvalue weighted by atomic mass is 16.5. The molecule has 2 N–H and O–H groups in total. The van der Waals surface area contributed by atoms with Gasteiger partial charge in [-0.15, -0.1) is 0 Å². The number of nitrogens with zero attached hydrogens (tertiary/aromatic N) is 1. The van der Waals surface area contributed by atoms with Crippen molar-refractivity contribution in [3.63, 3.8) is 0 Å². The Balaban J connectivity index is 1.65. The van der Waals surface area contributed by atoms with E-state index in [1.165, 1.54) is 0 Å². The lowest BCUT2D eigenvalue weighted by molar-refractivity contribution is -0.217. The third-order valence-corrected chi connectivity index (χ3v) is 10.0. The van der Waals surface area contributed by atoms with Crippen LogP contribution in [0.4, 0.5) is 0 Å². The topological polar surface area (TPSA) is 87.1 Å². The number of allylic oxidation sites excluding steroid dienone is 1. The van der Waals surface area contributed by atoms with E-state index in [1.54, 1.807) is 0 Å². The van der Waals surface area contributed by atoms with Gasteiger partial charge in [-0.2, -0.15) is 0 Å². The summed E-state index contributed by atoms with van der Waals surface area (Å²) in [5.74, 6) is -0.440. The summed E-state index contributed by atoms with van der Waals surface area (Å²) in [5, 5.41) is 21.5. The van der Waals surface area contributed by atoms with Crippen molar-refractivity contribution in [2.24, 2.45) is 39.9 Å². The van der Waals surface area contributed by atoms with Crippen LogP contribution < -0.4 is 0 Å². The van der Waals surface area contributed by atoms with Crippen molar-refractivity contribution in [1.82, 2.24) is 4.90 Å². The summed E-state index contributed by atoms with van der Waals surface area (Å²) in [6, 6.07) is 0. The fraction of sp³-hybridized carbons (Fsp3) is 0.840. The summed E-state index contributed by atoms with van der Waals surface area (Å²) in [4.78, 5) is 30.4. The van der Waals surface area contributed by atoms with Gasteiger partial charge in [0.2, 0.25) is 0 Å². The first-order chi connectivity index (χ1) is 14.8. The third-order valence-electron chi connectivity index (χ3n) is 10.0. The zero-order valence-corrected chi connectivity index (χ0v) is 18.8. The summed E-state index contributed by atoms with van der Waals surface area (Å²) in [7, 11) is 0. The van der Waals surface area contributed by atoms with Crippen LogP contribution in [0.15, 0.2) is 12.2 Å². The molecule has 6 heteroatoms. The number of carbonyl (C=O) groups is 2. The number of ketones is 2. The second kappa shape index (κ2) is 7.47. The molecule has 0 aromatic rings. The Labute approximate surface area is 185 Å². The van der Waals surface area contributed by atoms with E-state index in [4.69, 9.17) is 4.74 Å². The second-order valence-electron chi connectivity index (χ2n) is 11.3. The predicted octanol–water partition coefficient (Wildman–Crippen LogP) is 1.84. The Kier molecular flexibility index (Phi) is 5.24. The maximum absolute atomic E-state index is 14.4. The Morgan fingerprint density at radius 2 is 1.87 bits per heavy atom. The molecule has 31 heavy (non-hydrogen) atoms.